The maximum Gasteiger partial charge on any atom is 0.208 e. The van der Waals surface area contributed by atoms with Gasteiger partial charge in [0.15, 0.2) is 11.5 Å². The summed E-state index contributed by atoms with van der Waals surface area (Å²) in [4.78, 5) is 0. The van der Waals surface area contributed by atoms with E-state index in [1.165, 1.54) is 15.6 Å². The SMILES string of the molecule is C\C=C(/C=C\C(=C/C)c1ccc(-c2c(O)c(O)c(O)c(O)c2O)cc1)c1ccc(-c2ccc3sc4cccc(C=N)c4c3c2)cc1. The highest BCUT2D eigenvalue weighted by molar-refractivity contribution is 7.25. The Balaban J connectivity index is 1.24. The smallest absolute Gasteiger partial charge is 0.208 e. The minimum atomic E-state index is -0.988. The monoisotopic (exact) mass is 625 g/mol. The fraction of sp³-hybridized carbons (Fsp3) is 0.0513. The molecule has 0 spiro atoms. The van der Waals surface area contributed by atoms with Gasteiger partial charge >= 0.3 is 0 Å². The molecule has 6 nitrogen and oxygen atoms in total. The number of hydrogen-bond donors (Lipinski definition) is 6. The molecule has 0 aliphatic rings. The van der Waals surface area contributed by atoms with Crippen molar-refractivity contribution in [2.24, 2.45) is 0 Å². The van der Waals surface area contributed by atoms with E-state index in [0.717, 1.165) is 49.7 Å². The van der Waals surface area contributed by atoms with Crippen LogP contribution < -0.4 is 0 Å². The summed E-state index contributed by atoms with van der Waals surface area (Å²) in [6, 6.07) is 28.0. The highest BCUT2D eigenvalue weighted by Crippen LogP contribution is 2.54. The molecule has 228 valence electrons. The number of aromatic hydroxyl groups is 5. The van der Waals surface area contributed by atoms with Crippen molar-refractivity contribution in [3.05, 3.63) is 126 Å². The highest BCUT2D eigenvalue weighted by Gasteiger charge is 2.24. The Labute approximate surface area is 269 Å². The standard InChI is InChI=1S/C39H31NO5S/c1-3-22(8-9-23(4-2)25-14-16-27(17-15-25)34-35(41)37(43)39(45)38(44)36(34)42)24-10-12-26(13-11-24)28-18-19-31-30(20-28)33-29(21-40)6-5-7-32(33)46-31/h3-21,40-45H,1-2H3/b9-8-,22-3+,23-4+,40-21?. The fourth-order valence-corrected chi connectivity index (χ4v) is 6.82. The number of phenols is 5. The molecule has 1 aromatic heterocycles. The Kier molecular flexibility index (Phi) is 8.09. The van der Waals surface area contributed by atoms with Crippen LogP contribution in [0.3, 0.4) is 0 Å². The predicted octanol–water partition coefficient (Wildman–Crippen LogP) is 9.98. The summed E-state index contributed by atoms with van der Waals surface area (Å²) in [5.41, 5.74) is 7.24. The lowest BCUT2D eigenvalue weighted by atomic mass is 9.96. The van der Waals surface area contributed by atoms with Crippen molar-refractivity contribution in [1.29, 1.82) is 5.41 Å². The molecule has 0 atom stereocenters. The molecule has 0 saturated carbocycles. The normalized spacial score (nSPS) is 12.4. The van der Waals surface area contributed by atoms with Gasteiger partial charge < -0.3 is 30.9 Å². The number of allylic oxidation sites excluding steroid dienone is 6. The maximum absolute atomic E-state index is 10.3. The maximum atomic E-state index is 10.3. The van der Waals surface area contributed by atoms with Gasteiger partial charge in [0.2, 0.25) is 17.2 Å². The Bertz CT molecular complexity index is 2190. The average molecular weight is 626 g/mol. The number of rotatable bonds is 7. The van der Waals surface area contributed by atoms with Crippen LogP contribution in [0.15, 0.2) is 109 Å². The molecule has 0 unspecified atom stereocenters. The van der Waals surface area contributed by atoms with Crippen molar-refractivity contribution in [2.45, 2.75) is 13.8 Å². The van der Waals surface area contributed by atoms with Crippen LogP contribution in [0.4, 0.5) is 0 Å². The molecule has 1 heterocycles. The van der Waals surface area contributed by atoms with Gasteiger partial charge in [-0.25, -0.2) is 0 Å². The van der Waals surface area contributed by atoms with Gasteiger partial charge in [-0.15, -0.1) is 11.3 Å². The van der Waals surface area contributed by atoms with Gasteiger partial charge in [0.05, 0.1) is 5.56 Å². The van der Waals surface area contributed by atoms with Crippen molar-refractivity contribution in [3.63, 3.8) is 0 Å². The summed E-state index contributed by atoms with van der Waals surface area (Å²) in [7, 11) is 0. The van der Waals surface area contributed by atoms with E-state index in [0.29, 0.717) is 5.56 Å². The fourth-order valence-electron chi connectivity index (χ4n) is 5.70. The molecule has 7 heteroatoms. The summed E-state index contributed by atoms with van der Waals surface area (Å²) < 4.78 is 2.39. The Morgan fingerprint density at radius 1 is 0.587 bits per heavy atom. The molecule has 0 saturated heterocycles. The molecule has 0 bridgehead atoms. The van der Waals surface area contributed by atoms with E-state index in [1.807, 2.05) is 44.2 Å². The molecule has 5 aromatic carbocycles. The van der Waals surface area contributed by atoms with Crippen molar-refractivity contribution < 1.29 is 25.5 Å². The van der Waals surface area contributed by atoms with Gasteiger partial charge in [0.1, 0.15) is 0 Å². The van der Waals surface area contributed by atoms with Crippen LogP contribution in [-0.2, 0) is 0 Å². The van der Waals surface area contributed by atoms with Crippen LogP contribution in [-0.4, -0.2) is 31.7 Å². The molecule has 6 rings (SSSR count). The van der Waals surface area contributed by atoms with Gasteiger partial charge in [0.25, 0.3) is 0 Å². The zero-order chi connectivity index (χ0) is 32.5. The molecule has 0 amide bonds. The molecule has 6 aromatic rings. The van der Waals surface area contributed by atoms with Gasteiger partial charge in [-0.2, -0.15) is 0 Å². The Morgan fingerprint density at radius 2 is 1.11 bits per heavy atom. The first-order valence-corrected chi connectivity index (χ1v) is 15.4. The van der Waals surface area contributed by atoms with E-state index in [-0.39, 0.29) is 5.56 Å². The summed E-state index contributed by atoms with van der Waals surface area (Å²) in [6.07, 6.45) is 9.52. The Morgan fingerprint density at radius 3 is 1.65 bits per heavy atom. The number of fused-ring (bicyclic) bond motifs is 3. The lowest BCUT2D eigenvalue weighted by Gasteiger charge is -2.13. The molecule has 0 aliphatic carbocycles. The highest BCUT2D eigenvalue weighted by atomic mass is 32.1. The molecule has 46 heavy (non-hydrogen) atoms. The second-order valence-corrected chi connectivity index (χ2v) is 11.9. The van der Waals surface area contributed by atoms with Crippen LogP contribution in [0, 0.1) is 5.41 Å². The third kappa shape index (κ3) is 5.27. The topological polar surface area (TPSA) is 125 Å². The van der Waals surface area contributed by atoms with Gasteiger partial charge in [0, 0.05) is 32.0 Å². The molecule has 0 aliphatic heterocycles. The molecular formula is C39H31NO5S. The minimum absolute atomic E-state index is 0.184. The van der Waals surface area contributed by atoms with E-state index in [1.54, 1.807) is 35.6 Å². The molecule has 0 fully saturated rings. The Hall–Kier alpha value is -5.79. The average Bonchev–Trinajstić information content (AvgIpc) is 3.47. The number of nitrogens with one attached hydrogen (secondary N) is 1. The summed E-state index contributed by atoms with van der Waals surface area (Å²) >= 11 is 1.74. The van der Waals surface area contributed by atoms with Crippen molar-refractivity contribution in [1.82, 2.24) is 0 Å². The van der Waals surface area contributed by atoms with Crippen molar-refractivity contribution in [2.75, 3.05) is 0 Å². The second-order valence-electron chi connectivity index (χ2n) is 10.8. The van der Waals surface area contributed by atoms with E-state index in [9.17, 15) is 25.5 Å². The third-order valence-electron chi connectivity index (χ3n) is 8.18. The van der Waals surface area contributed by atoms with Crippen molar-refractivity contribution in [3.8, 4) is 51.0 Å². The number of phenolic OH excluding ortho intramolecular Hbond substituents is 5. The largest absolute Gasteiger partial charge is 0.504 e. The first-order valence-electron chi connectivity index (χ1n) is 14.6. The zero-order valence-electron chi connectivity index (χ0n) is 25.1. The van der Waals surface area contributed by atoms with Gasteiger partial charge in [-0.3, -0.25) is 0 Å². The zero-order valence-corrected chi connectivity index (χ0v) is 25.9. The van der Waals surface area contributed by atoms with E-state index in [2.05, 4.69) is 54.6 Å². The minimum Gasteiger partial charge on any atom is -0.504 e. The van der Waals surface area contributed by atoms with Crippen LogP contribution in [0.2, 0.25) is 0 Å². The van der Waals surface area contributed by atoms with Crippen LogP contribution >= 0.6 is 11.3 Å². The van der Waals surface area contributed by atoms with E-state index >= 15 is 0 Å². The molecular weight excluding hydrogens is 594 g/mol. The van der Waals surface area contributed by atoms with Crippen molar-refractivity contribution >= 4 is 48.9 Å². The van der Waals surface area contributed by atoms with Crippen LogP contribution in [0.1, 0.15) is 30.5 Å². The number of hydrogen-bond acceptors (Lipinski definition) is 7. The van der Waals surface area contributed by atoms with E-state index < -0.39 is 28.7 Å². The third-order valence-corrected chi connectivity index (χ3v) is 9.31. The van der Waals surface area contributed by atoms with Gasteiger partial charge in [-0.1, -0.05) is 91.0 Å². The first kappa shape index (κ1) is 30.2. The summed E-state index contributed by atoms with van der Waals surface area (Å²) in [5.74, 6) is -4.26. The molecule has 0 radical (unpaired) electrons. The van der Waals surface area contributed by atoms with Crippen LogP contribution in [0.5, 0.6) is 28.7 Å². The van der Waals surface area contributed by atoms with Crippen LogP contribution in [0.25, 0.3) is 53.6 Å². The second kappa shape index (κ2) is 12.3. The summed E-state index contributed by atoms with van der Waals surface area (Å²) in [6.45, 7) is 3.93. The quantitative estimate of drug-likeness (QED) is 0.0456. The first-order chi connectivity index (χ1) is 22.2. The lowest BCUT2D eigenvalue weighted by molar-refractivity contribution is 0.330. The molecule has 6 N–H and O–H groups in total. The van der Waals surface area contributed by atoms with E-state index in [4.69, 9.17) is 5.41 Å². The number of benzene rings is 5. The van der Waals surface area contributed by atoms with Gasteiger partial charge in [-0.05, 0) is 71.0 Å². The number of thiophene rings is 1. The lowest BCUT2D eigenvalue weighted by Crippen LogP contribution is -1.87. The summed E-state index contributed by atoms with van der Waals surface area (Å²) in [5, 5.41) is 60.3. The predicted molar refractivity (Wildman–Crippen MR) is 189 cm³/mol.